The molecule has 0 saturated carbocycles. The predicted molar refractivity (Wildman–Crippen MR) is 144 cm³/mol. The molecule has 2 unspecified atom stereocenters. The molecule has 0 radical (unpaired) electrons. The number of benzene rings is 2. The van der Waals surface area contributed by atoms with E-state index in [0.717, 1.165) is 25.9 Å². The number of carbonyl (C=O) groups excluding carboxylic acids is 3. The van der Waals surface area contributed by atoms with Gasteiger partial charge in [0.2, 0.25) is 5.91 Å². The lowest BCUT2D eigenvalue weighted by atomic mass is 9.82. The van der Waals surface area contributed by atoms with Crippen molar-refractivity contribution < 1.29 is 18.8 Å². The fraction of sp³-hybridized carbons (Fsp3) is 0.429. The molecule has 9 nitrogen and oxygen atoms in total. The Hall–Kier alpha value is -3.79. The standard InChI is InChI=1S/C28H35FN6O3/c1-18-12-14-35(15-13-18)16-27(2,3)34-25(37)23-28(26(30)38,32-17-31-23)20-6-10-22(11-7-20)33-24(36)19-4-8-21(29)9-5-19/h4-11,17-18,23H,12-16H2,1-3H3,(H2,30,38)(H,31,32)(H,33,36)(H,34,37). The van der Waals surface area contributed by atoms with Crippen molar-refractivity contribution in [1.82, 2.24) is 15.5 Å². The van der Waals surface area contributed by atoms with Crippen LogP contribution in [0.2, 0.25) is 0 Å². The molecule has 1 saturated heterocycles. The lowest BCUT2D eigenvalue weighted by molar-refractivity contribution is -0.132. The molecule has 2 aliphatic heterocycles. The van der Waals surface area contributed by atoms with E-state index in [4.69, 9.17) is 5.73 Å². The van der Waals surface area contributed by atoms with Gasteiger partial charge in [-0.25, -0.2) is 4.39 Å². The minimum atomic E-state index is -1.58. The summed E-state index contributed by atoms with van der Waals surface area (Å²) in [4.78, 5) is 45.4. The summed E-state index contributed by atoms with van der Waals surface area (Å²) in [5, 5.41) is 8.72. The Bertz CT molecular complexity index is 1210. The number of amides is 3. The van der Waals surface area contributed by atoms with Crippen LogP contribution in [0.1, 0.15) is 49.5 Å². The van der Waals surface area contributed by atoms with E-state index in [-0.39, 0.29) is 0 Å². The summed E-state index contributed by atoms with van der Waals surface area (Å²) >= 11 is 0. The second-order valence-corrected chi connectivity index (χ2v) is 10.9. The molecule has 10 heteroatoms. The Morgan fingerprint density at radius 3 is 2.34 bits per heavy atom. The molecule has 2 atom stereocenters. The van der Waals surface area contributed by atoms with Gasteiger partial charge in [-0.05, 0) is 87.7 Å². The van der Waals surface area contributed by atoms with E-state index in [2.05, 4.69) is 32.8 Å². The molecule has 0 bridgehead atoms. The van der Waals surface area contributed by atoms with Gasteiger partial charge in [0.05, 0.1) is 6.34 Å². The Labute approximate surface area is 222 Å². The monoisotopic (exact) mass is 522 g/mol. The molecular formula is C28H35FN6O3. The van der Waals surface area contributed by atoms with Crippen molar-refractivity contribution in [2.45, 2.75) is 50.7 Å². The van der Waals surface area contributed by atoms with Crippen molar-refractivity contribution in [2.24, 2.45) is 16.6 Å². The first-order chi connectivity index (χ1) is 18.0. The molecule has 0 aromatic heterocycles. The average Bonchev–Trinajstić information content (AvgIpc) is 3.33. The third kappa shape index (κ3) is 5.85. The molecule has 0 aliphatic carbocycles. The fourth-order valence-corrected chi connectivity index (χ4v) is 5.10. The van der Waals surface area contributed by atoms with Gasteiger partial charge in [-0.2, -0.15) is 0 Å². The molecule has 1 fully saturated rings. The van der Waals surface area contributed by atoms with Gasteiger partial charge in [0.25, 0.3) is 11.8 Å². The zero-order valence-electron chi connectivity index (χ0n) is 22.0. The van der Waals surface area contributed by atoms with Gasteiger partial charge < -0.3 is 26.6 Å². The highest BCUT2D eigenvalue weighted by Gasteiger charge is 2.52. The number of hydrogen-bond donors (Lipinski definition) is 4. The third-order valence-electron chi connectivity index (χ3n) is 7.22. The van der Waals surface area contributed by atoms with Gasteiger partial charge in [0, 0.05) is 23.3 Å². The Balaban J connectivity index is 1.48. The number of nitrogens with one attached hydrogen (secondary N) is 3. The number of nitrogens with two attached hydrogens (primary N) is 1. The van der Waals surface area contributed by atoms with Crippen LogP contribution in [-0.4, -0.2) is 60.2 Å². The van der Waals surface area contributed by atoms with Crippen LogP contribution in [-0.2, 0) is 15.1 Å². The number of rotatable bonds is 8. The van der Waals surface area contributed by atoms with E-state index >= 15 is 0 Å². The average molecular weight is 523 g/mol. The van der Waals surface area contributed by atoms with Crippen molar-refractivity contribution in [1.29, 1.82) is 0 Å². The highest BCUT2D eigenvalue weighted by atomic mass is 19.1. The van der Waals surface area contributed by atoms with Crippen LogP contribution in [0.25, 0.3) is 0 Å². The van der Waals surface area contributed by atoms with Crippen LogP contribution in [0, 0.1) is 11.7 Å². The van der Waals surface area contributed by atoms with Crippen molar-refractivity contribution in [3.8, 4) is 0 Å². The SMILES string of the molecule is CC1CCN(CC(C)(C)NC(=O)C2N=CNC2(C(N)=O)c2ccc(NC(=O)c3ccc(F)cc3)cc2)CC1. The fourth-order valence-electron chi connectivity index (χ4n) is 5.10. The molecule has 38 heavy (non-hydrogen) atoms. The number of anilines is 1. The quantitative estimate of drug-likeness (QED) is 0.423. The number of piperidine rings is 1. The molecule has 202 valence electrons. The van der Waals surface area contributed by atoms with Gasteiger partial charge >= 0.3 is 0 Å². The molecule has 5 N–H and O–H groups in total. The summed E-state index contributed by atoms with van der Waals surface area (Å²) in [7, 11) is 0. The predicted octanol–water partition coefficient (Wildman–Crippen LogP) is 2.39. The maximum Gasteiger partial charge on any atom is 0.255 e. The highest BCUT2D eigenvalue weighted by Crippen LogP contribution is 2.32. The zero-order chi connectivity index (χ0) is 27.5. The maximum atomic E-state index is 13.5. The number of aliphatic imine (C=N–C) groups is 1. The molecule has 2 heterocycles. The van der Waals surface area contributed by atoms with E-state index < -0.39 is 40.7 Å². The number of likely N-dealkylation sites (tertiary alicyclic amines) is 1. The first kappa shape index (κ1) is 27.3. The summed E-state index contributed by atoms with van der Waals surface area (Å²) in [5.41, 5.74) is 4.92. The first-order valence-corrected chi connectivity index (χ1v) is 12.8. The third-order valence-corrected chi connectivity index (χ3v) is 7.22. The van der Waals surface area contributed by atoms with Crippen molar-refractivity contribution >= 4 is 29.7 Å². The molecule has 3 amide bonds. The number of carbonyl (C=O) groups is 3. The first-order valence-electron chi connectivity index (χ1n) is 12.8. The van der Waals surface area contributed by atoms with Crippen LogP contribution < -0.4 is 21.7 Å². The summed E-state index contributed by atoms with van der Waals surface area (Å²) in [6.45, 7) is 8.82. The van der Waals surface area contributed by atoms with Crippen LogP contribution in [0.3, 0.4) is 0 Å². The molecular weight excluding hydrogens is 487 g/mol. The minimum Gasteiger partial charge on any atom is -0.367 e. The molecule has 2 aliphatic rings. The second kappa shape index (κ2) is 10.9. The second-order valence-electron chi connectivity index (χ2n) is 10.9. The van der Waals surface area contributed by atoms with Crippen molar-refractivity contribution in [2.75, 3.05) is 25.0 Å². The van der Waals surface area contributed by atoms with Gasteiger partial charge in [0.1, 0.15) is 5.82 Å². The highest BCUT2D eigenvalue weighted by molar-refractivity contribution is 6.04. The van der Waals surface area contributed by atoms with Crippen LogP contribution in [0.15, 0.2) is 53.5 Å². The Morgan fingerprint density at radius 2 is 1.74 bits per heavy atom. The van der Waals surface area contributed by atoms with Crippen LogP contribution in [0.5, 0.6) is 0 Å². The molecule has 2 aromatic rings. The van der Waals surface area contributed by atoms with Crippen LogP contribution in [0.4, 0.5) is 10.1 Å². The molecule has 4 rings (SSSR count). The van der Waals surface area contributed by atoms with Gasteiger partial charge in [-0.1, -0.05) is 19.1 Å². The van der Waals surface area contributed by atoms with E-state index in [1.807, 2.05) is 13.8 Å². The number of nitrogens with zero attached hydrogens (tertiary/aromatic N) is 2. The largest absolute Gasteiger partial charge is 0.367 e. The number of hydrogen-bond acceptors (Lipinski definition) is 6. The molecule has 2 aromatic carbocycles. The minimum absolute atomic E-state index is 0.299. The van der Waals surface area contributed by atoms with E-state index in [1.165, 1.54) is 30.6 Å². The lowest BCUT2D eigenvalue weighted by Gasteiger charge is -2.38. The normalized spacial score (nSPS) is 22.1. The maximum absolute atomic E-state index is 13.5. The van der Waals surface area contributed by atoms with Gasteiger partial charge in [-0.15, -0.1) is 0 Å². The van der Waals surface area contributed by atoms with Crippen molar-refractivity contribution in [3.05, 3.63) is 65.5 Å². The topological polar surface area (TPSA) is 129 Å². The van der Waals surface area contributed by atoms with Crippen LogP contribution >= 0.6 is 0 Å². The van der Waals surface area contributed by atoms with Gasteiger partial charge in [-0.3, -0.25) is 19.4 Å². The van der Waals surface area contributed by atoms with Gasteiger partial charge in [0.15, 0.2) is 11.6 Å². The summed E-state index contributed by atoms with van der Waals surface area (Å²) in [5.74, 6) is -1.29. The zero-order valence-corrected chi connectivity index (χ0v) is 22.0. The Morgan fingerprint density at radius 1 is 1.11 bits per heavy atom. The number of primary amides is 1. The smallest absolute Gasteiger partial charge is 0.255 e. The van der Waals surface area contributed by atoms with Crippen molar-refractivity contribution in [3.63, 3.8) is 0 Å². The molecule has 0 spiro atoms. The van der Waals surface area contributed by atoms with E-state index in [0.29, 0.717) is 29.3 Å². The Kier molecular flexibility index (Phi) is 7.82. The summed E-state index contributed by atoms with van der Waals surface area (Å²) in [6, 6.07) is 10.5. The van der Waals surface area contributed by atoms with E-state index in [1.54, 1.807) is 24.3 Å². The summed E-state index contributed by atoms with van der Waals surface area (Å²) in [6.07, 6.45) is 3.59. The van der Waals surface area contributed by atoms with E-state index in [9.17, 15) is 18.8 Å². The summed E-state index contributed by atoms with van der Waals surface area (Å²) < 4.78 is 13.2. The lowest BCUT2D eigenvalue weighted by Crippen LogP contribution is -2.62. The number of halogens is 1.